The second-order valence-corrected chi connectivity index (χ2v) is 11.1. The molecule has 4 amide bonds. The summed E-state index contributed by atoms with van der Waals surface area (Å²) >= 11 is 6.46. The lowest BCUT2D eigenvalue weighted by Crippen LogP contribution is -2.76. The summed E-state index contributed by atoms with van der Waals surface area (Å²) in [6.07, 6.45) is 0.154. The number of para-hydroxylation sites is 3. The summed E-state index contributed by atoms with van der Waals surface area (Å²) in [6.45, 7) is 1.71. The molecule has 2 saturated heterocycles. The minimum atomic E-state index is -1.56. The highest BCUT2D eigenvalue weighted by Crippen LogP contribution is 2.49. The van der Waals surface area contributed by atoms with Crippen molar-refractivity contribution in [2.24, 2.45) is 5.41 Å². The van der Waals surface area contributed by atoms with Gasteiger partial charge >= 0.3 is 6.03 Å². The number of urea groups is 1. The van der Waals surface area contributed by atoms with Gasteiger partial charge in [0.2, 0.25) is 0 Å². The van der Waals surface area contributed by atoms with Crippen LogP contribution in [0.15, 0.2) is 109 Å². The molecule has 0 aromatic heterocycles. The van der Waals surface area contributed by atoms with Gasteiger partial charge in [0.25, 0.3) is 11.8 Å². The molecule has 0 N–H and O–H groups in total. The van der Waals surface area contributed by atoms with E-state index in [1.54, 1.807) is 54.6 Å². The smallest absolute Gasteiger partial charge is 0.342 e. The largest absolute Gasteiger partial charge is 0.368 e. The molecule has 204 valence electrons. The van der Waals surface area contributed by atoms with Crippen LogP contribution in [0.1, 0.15) is 5.56 Å². The van der Waals surface area contributed by atoms with Gasteiger partial charge in [-0.1, -0.05) is 72.3 Å². The molecule has 8 heteroatoms. The molecule has 2 fully saturated rings. The molecule has 0 bridgehead atoms. The topological polar surface area (TPSA) is 64.2 Å². The number of hydrogen-bond acceptors (Lipinski definition) is 5. The molecule has 4 aromatic rings. The van der Waals surface area contributed by atoms with Gasteiger partial charge in [0.05, 0.1) is 17.4 Å². The average molecular weight is 563 g/mol. The maximum absolute atomic E-state index is 14.9. The third-order valence-electron chi connectivity index (χ3n) is 8.48. The lowest BCUT2D eigenvalue weighted by Gasteiger charge is -2.57. The van der Waals surface area contributed by atoms with Crippen molar-refractivity contribution in [3.8, 4) is 0 Å². The third-order valence-corrected chi connectivity index (χ3v) is 8.71. The second-order valence-electron chi connectivity index (χ2n) is 10.6. The highest BCUT2D eigenvalue weighted by atomic mass is 35.5. The fourth-order valence-corrected chi connectivity index (χ4v) is 6.71. The Morgan fingerprint density at radius 1 is 0.659 bits per heavy atom. The first-order chi connectivity index (χ1) is 20.0. The van der Waals surface area contributed by atoms with Crippen molar-refractivity contribution in [3.05, 3.63) is 120 Å². The van der Waals surface area contributed by atoms with Crippen LogP contribution in [-0.2, 0) is 16.0 Å². The average Bonchev–Trinajstić information content (AvgIpc) is 3.01. The van der Waals surface area contributed by atoms with E-state index in [0.29, 0.717) is 36.0 Å². The van der Waals surface area contributed by atoms with Crippen molar-refractivity contribution in [1.82, 2.24) is 0 Å². The van der Waals surface area contributed by atoms with E-state index in [1.807, 2.05) is 54.6 Å². The molecule has 7 nitrogen and oxygen atoms in total. The molecule has 0 saturated carbocycles. The van der Waals surface area contributed by atoms with E-state index in [1.165, 1.54) is 9.80 Å². The van der Waals surface area contributed by atoms with Gasteiger partial charge in [0, 0.05) is 36.0 Å². The Kier molecular flexibility index (Phi) is 6.05. The number of anilines is 4. The normalized spacial score (nSPS) is 19.8. The van der Waals surface area contributed by atoms with E-state index >= 15 is 0 Å². The van der Waals surface area contributed by atoms with Gasteiger partial charge < -0.3 is 9.80 Å². The minimum absolute atomic E-state index is 0.154. The predicted octanol–water partition coefficient (Wildman–Crippen LogP) is 5.78. The Labute approximate surface area is 243 Å². The van der Waals surface area contributed by atoms with E-state index in [-0.39, 0.29) is 6.42 Å². The molecule has 1 spiro atoms. The predicted molar refractivity (Wildman–Crippen MR) is 161 cm³/mol. The van der Waals surface area contributed by atoms with Gasteiger partial charge in [0.1, 0.15) is 0 Å². The van der Waals surface area contributed by atoms with Crippen molar-refractivity contribution in [1.29, 1.82) is 0 Å². The van der Waals surface area contributed by atoms with Gasteiger partial charge in [-0.3, -0.25) is 9.59 Å². The van der Waals surface area contributed by atoms with Gasteiger partial charge in [-0.25, -0.2) is 14.6 Å². The summed E-state index contributed by atoms with van der Waals surface area (Å²) in [5.74, 6) is -1.01. The Morgan fingerprint density at radius 2 is 1.20 bits per heavy atom. The number of rotatable bonds is 3. The van der Waals surface area contributed by atoms with E-state index in [2.05, 4.69) is 9.80 Å². The van der Waals surface area contributed by atoms with Crippen LogP contribution in [0.5, 0.6) is 0 Å². The number of carbonyl (C=O) groups is 3. The number of amides is 4. The van der Waals surface area contributed by atoms with Crippen molar-refractivity contribution < 1.29 is 14.4 Å². The summed E-state index contributed by atoms with van der Waals surface area (Å²) < 4.78 is 0. The van der Waals surface area contributed by atoms with Crippen molar-refractivity contribution in [3.63, 3.8) is 0 Å². The summed E-state index contributed by atoms with van der Waals surface area (Å²) in [6, 6.07) is 32.1. The van der Waals surface area contributed by atoms with Crippen LogP contribution < -0.4 is 19.6 Å². The minimum Gasteiger partial charge on any atom is -0.368 e. The number of fused-ring (bicyclic) bond motifs is 4. The molecule has 3 aliphatic rings. The highest BCUT2D eigenvalue weighted by Gasteiger charge is 2.65. The van der Waals surface area contributed by atoms with Crippen LogP contribution in [0.2, 0.25) is 5.02 Å². The van der Waals surface area contributed by atoms with E-state index in [4.69, 9.17) is 11.6 Å². The zero-order valence-corrected chi connectivity index (χ0v) is 22.9. The second kappa shape index (κ2) is 9.78. The molecular formula is C33H27ClN4O3. The molecule has 4 aromatic carbocycles. The number of carbonyl (C=O) groups excluding carboxylic acids is 3. The zero-order valence-electron chi connectivity index (χ0n) is 22.2. The Balaban J connectivity index is 1.45. The number of barbiturate groups is 1. The third kappa shape index (κ3) is 3.91. The molecule has 0 unspecified atom stereocenters. The lowest BCUT2D eigenvalue weighted by atomic mass is 9.67. The first-order valence-electron chi connectivity index (χ1n) is 13.7. The summed E-state index contributed by atoms with van der Waals surface area (Å²) in [5, 5.41) is 0.595. The van der Waals surface area contributed by atoms with Crippen LogP contribution >= 0.6 is 11.6 Å². The molecule has 1 atom stereocenters. The SMILES string of the molecule is O=C1N(c2ccccc2)C(=O)C2(Cc3ccc(Cl)cc3N3CCN(c4ccccc4)C[C@@H]32)C(=O)N1c1ccccc1. The fourth-order valence-electron chi connectivity index (χ4n) is 6.55. The van der Waals surface area contributed by atoms with E-state index in [9.17, 15) is 14.4 Å². The van der Waals surface area contributed by atoms with E-state index < -0.39 is 29.3 Å². The standard InChI is InChI=1S/C33H27ClN4O3/c34-24-17-16-23-21-33(29-22-35(25-10-4-1-5-11-25)18-19-36(29)28(23)20-24)30(39)37(26-12-6-2-7-13-26)32(41)38(31(33)40)27-14-8-3-9-15-27/h1-17,20,29H,18-19,21-22H2/t29-/m1/s1. The Bertz CT molecular complexity index is 1590. The highest BCUT2D eigenvalue weighted by molar-refractivity contribution is 6.39. The maximum Gasteiger partial charge on any atom is 0.342 e. The van der Waals surface area contributed by atoms with Crippen molar-refractivity contribution in [2.75, 3.05) is 39.2 Å². The summed E-state index contributed by atoms with van der Waals surface area (Å²) in [7, 11) is 0. The van der Waals surface area contributed by atoms with Crippen LogP contribution in [0.4, 0.5) is 27.5 Å². The van der Waals surface area contributed by atoms with Crippen LogP contribution in [0, 0.1) is 5.41 Å². The monoisotopic (exact) mass is 562 g/mol. The number of hydrogen-bond donors (Lipinski definition) is 0. The molecule has 41 heavy (non-hydrogen) atoms. The molecule has 7 rings (SSSR count). The number of benzene rings is 4. The van der Waals surface area contributed by atoms with Gasteiger partial charge in [0.15, 0.2) is 5.41 Å². The fraction of sp³-hybridized carbons (Fsp3) is 0.182. The number of imide groups is 2. The maximum atomic E-state index is 14.9. The number of nitrogens with zero attached hydrogens (tertiary/aromatic N) is 4. The quantitative estimate of drug-likeness (QED) is 0.296. The first kappa shape index (κ1) is 25.4. The molecule has 3 heterocycles. The Hall–Kier alpha value is -4.62. The molecule has 3 aliphatic heterocycles. The molecule has 0 aliphatic carbocycles. The summed E-state index contributed by atoms with van der Waals surface area (Å²) in [4.78, 5) is 50.6. The first-order valence-corrected chi connectivity index (χ1v) is 14.0. The molecule has 0 radical (unpaired) electrons. The van der Waals surface area contributed by atoms with Crippen molar-refractivity contribution >= 4 is 52.2 Å². The molecular weight excluding hydrogens is 536 g/mol. The van der Waals surface area contributed by atoms with Crippen LogP contribution in [0.25, 0.3) is 0 Å². The summed E-state index contributed by atoms with van der Waals surface area (Å²) in [5.41, 5.74) is 2.10. The van der Waals surface area contributed by atoms with Gasteiger partial charge in [-0.2, -0.15) is 0 Å². The van der Waals surface area contributed by atoms with Crippen LogP contribution in [0.3, 0.4) is 0 Å². The van der Waals surface area contributed by atoms with Gasteiger partial charge in [-0.15, -0.1) is 0 Å². The Morgan fingerprint density at radius 3 is 1.76 bits per heavy atom. The van der Waals surface area contributed by atoms with Gasteiger partial charge in [-0.05, 0) is 60.5 Å². The lowest BCUT2D eigenvalue weighted by molar-refractivity contribution is -0.143. The number of piperazine rings is 1. The number of halogens is 1. The van der Waals surface area contributed by atoms with Crippen molar-refractivity contribution in [2.45, 2.75) is 12.5 Å². The van der Waals surface area contributed by atoms with Crippen LogP contribution in [-0.4, -0.2) is 43.5 Å². The van der Waals surface area contributed by atoms with E-state index in [0.717, 1.165) is 16.9 Å². The zero-order chi connectivity index (χ0) is 28.1.